The average molecular weight is 358 g/mol. The molecule has 2 fully saturated rings. The quantitative estimate of drug-likeness (QED) is 0.862. The number of rotatable bonds is 4. The first-order valence-corrected chi connectivity index (χ1v) is 10.4. The van der Waals surface area contributed by atoms with Crippen LogP contribution >= 0.6 is 0 Å². The third-order valence-electron chi connectivity index (χ3n) is 7.04. The molecule has 0 saturated heterocycles. The number of Topliss-reactive ketones (excluding diaryl/α,β-unsaturated/α-hetero) is 1. The van der Waals surface area contributed by atoms with Gasteiger partial charge in [-0.05, 0) is 81.6 Å². The van der Waals surface area contributed by atoms with E-state index in [1.807, 2.05) is 14.0 Å². The summed E-state index contributed by atoms with van der Waals surface area (Å²) in [6, 6.07) is 6.40. The predicted octanol–water partition coefficient (Wildman–Crippen LogP) is 3.80. The molecule has 0 spiro atoms. The van der Waals surface area contributed by atoms with E-state index < -0.39 is 5.60 Å². The molecule has 3 aliphatic rings. The molecule has 1 aromatic carbocycles. The summed E-state index contributed by atoms with van der Waals surface area (Å²) in [4.78, 5) is 12.5. The molecule has 0 amide bonds. The molecule has 0 heterocycles. The topological polar surface area (TPSA) is 49.3 Å². The standard InChI is InChI=1S/C18H24O2.C5H11N/c1-4-12-7-6-8-13-11-14-15(19)9-10-17(3,20)18(14,5-2)16(12)13;1-6-4-5-2-3-5/h6-8,14,20H,4-5,9-11H2,1-3H3;5-6H,2-4H2,1H3/t14-,17?,18+;/m0./s1. The summed E-state index contributed by atoms with van der Waals surface area (Å²) in [5.41, 5.74) is 2.72. The van der Waals surface area contributed by atoms with Gasteiger partial charge < -0.3 is 10.4 Å². The summed E-state index contributed by atoms with van der Waals surface area (Å²) in [6.07, 6.45) is 6.64. The Morgan fingerprint density at radius 2 is 2.00 bits per heavy atom. The summed E-state index contributed by atoms with van der Waals surface area (Å²) in [5, 5.41) is 14.3. The van der Waals surface area contributed by atoms with E-state index in [0.717, 1.165) is 25.2 Å². The lowest BCUT2D eigenvalue weighted by molar-refractivity contribution is -0.142. The number of aryl methyl sites for hydroxylation is 1. The van der Waals surface area contributed by atoms with Crippen LogP contribution in [0.1, 0.15) is 69.6 Å². The van der Waals surface area contributed by atoms with Gasteiger partial charge in [0.2, 0.25) is 0 Å². The Morgan fingerprint density at radius 1 is 1.27 bits per heavy atom. The van der Waals surface area contributed by atoms with Crippen molar-refractivity contribution in [3.05, 3.63) is 34.9 Å². The Labute approximate surface area is 158 Å². The molecule has 26 heavy (non-hydrogen) atoms. The number of aliphatic hydroxyl groups is 1. The molecule has 3 heteroatoms. The molecular weight excluding hydrogens is 322 g/mol. The van der Waals surface area contributed by atoms with Crippen LogP contribution in [0.3, 0.4) is 0 Å². The first-order chi connectivity index (χ1) is 12.4. The highest BCUT2D eigenvalue weighted by Gasteiger charge is 2.61. The first-order valence-electron chi connectivity index (χ1n) is 10.4. The monoisotopic (exact) mass is 357 g/mol. The second kappa shape index (κ2) is 7.44. The average Bonchev–Trinajstić information content (AvgIpc) is 3.37. The summed E-state index contributed by atoms with van der Waals surface area (Å²) < 4.78 is 0. The zero-order chi connectivity index (χ0) is 18.9. The van der Waals surface area contributed by atoms with Gasteiger partial charge in [0.1, 0.15) is 5.78 Å². The maximum atomic E-state index is 12.5. The van der Waals surface area contributed by atoms with Crippen LogP contribution in [0.25, 0.3) is 0 Å². The number of carbonyl (C=O) groups is 1. The first kappa shape index (κ1) is 19.6. The van der Waals surface area contributed by atoms with Crippen molar-refractivity contribution in [3.63, 3.8) is 0 Å². The Bertz CT molecular complexity index is 662. The van der Waals surface area contributed by atoms with Crippen LogP contribution in [0.4, 0.5) is 0 Å². The van der Waals surface area contributed by atoms with E-state index in [1.165, 1.54) is 36.1 Å². The molecule has 1 unspecified atom stereocenters. The predicted molar refractivity (Wildman–Crippen MR) is 106 cm³/mol. The number of nitrogens with one attached hydrogen (secondary N) is 1. The highest BCUT2D eigenvalue weighted by molar-refractivity contribution is 5.86. The van der Waals surface area contributed by atoms with Gasteiger partial charge in [0.15, 0.2) is 0 Å². The van der Waals surface area contributed by atoms with E-state index >= 15 is 0 Å². The molecule has 3 nitrogen and oxygen atoms in total. The smallest absolute Gasteiger partial charge is 0.137 e. The fraction of sp³-hybridized carbons (Fsp3) is 0.696. The van der Waals surface area contributed by atoms with E-state index in [2.05, 4.69) is 37.4 Å². The number of benzene rings is 1. The summed E-state index contributed by atoms with van der Waals surface area (Å²) in [7, 11) is 2.01. The lowest BCUT2D eigenvalue weighted by Gasteiger charge is -2.50. The zero-order valence-electron chi connectivity index (χ0n) is 16.9. The van der Waals surface area contributed by atoms with E-state index in [9.17, 15) is 9.90 Å². The molecule has 4 rings (SSSR count). The van der Waals surface area contributed by atoms with E-state index in [0.29, 0.717) is 18.6 Å². The van der Waals surface area contributed by atoms with Gasteiger partial charge in [-0.25, -0.2) is 0 Å². The van der Waals surface area contributed by atoms with E-state index in [-0.39, 0.29) is 11.3 Å². The Hall–Kier alpha value is -1.19. The Kier molecular flexibility index (Phi) is 5.60. The second-order valence-corrected chi connectivity index (χ2v) is 8.63. The van der Waals surface area contributed by atoms with Crippen LogP contribution in [0, 0.1) is 11.8 Å². The fourth-order valence-electron chi connectivity index (χ4n) is 5.47. The van der Waals surface area contributed by atoms with Crippen LogP contribution in [0.2, 0.25) is 0 Å². The molecule has 3 atom stereocenters. The van der Waals surface area contributed by atoms with Crippen molar-refractivity contribution in [2.75, 3.05) is 13.6 Å². The van der Waals surface area contributed by atoms with Crippen LogP contribution in [0.5, 0.6) is 0 Å². The third kappa shape index (κ3) is 3.14. The lowest BCUT2D eigenvalue weighted by Crippen LogP contribution is -2.58. The zero-order valence-corrected chi connectivity index (χ0v) is 16.9. The Balaban J connectivity index is 0.000000278. The van der Waals surface area contributed by atoms with Gasteiger partial charge in [-0.3, -0.25) is 4.79 Å². The van der Waals surface area contributed by atoms with Gasteiger partial charge >= 0.3 is 0 Å². The Morgan fingerprint density at radius 3 is 2.54 bits per heavy atom. The van der Waals surface area contributed by atoms with Gasteiger partial charge in [0.25, 0.3) is 0 Å². The summed E-state index contributed by atoms with van der Waals surface area (Å²) >= 11 is 0. The number of carbonyl (C=O) groups excluding carboxylic acids is 1. The largest absolute Gasteiger partial charge is 0.389 e. The van der Waals surface area contributed by atoms with E-state index in [1.54, 1.807) is 0 Å². The van der Waals surface area contributed by atoms with Crippen LogP contribution in [-0.2, 0) is 23.1 Å². The van der Waals surface area contributed by atoms with Gasteiger partial charge in [-0.2, -0.15) is 0 Å². The molecule has 0 aliphatic heterocycles. The summed E-state index contributed by atoms with van der Waals surface area (Å²) in [5.74, 6) is 1.35. The van der Waals surface area contributed by atoms with Crippen LogP contribution in [0.15, 0.2) is 18.2 Å². The molecule has 144 valence electrons. The number of hydrogen-bond donors (Lipinski definition) is 2. The summed E-state index contributed by atoms with van der Waals surface area (Å²) in [6.45, 7) is 7.46. The number of fused-ring (bicyclic) bond motifs is 3. The fourth-order valence-corrected chi connectivity index (χ4v) is 5.47. The molecule has 0 aromatic heterocycles. The highest BCUT2D eigenvalue weighted by Crippen LogP contribution is 2.57. The minimum atomic E-state index is -0.781. The highest BCUT2D eigenvalue weighted by atomic mass is 16.3. The van der Waals surface area contributed by atoms with Gasteiger partial charge in [-0.1, -0.05) is 32.0 Å². The molecule has 2 N–H and O–H groups in total. The van der Waals surface area contributed by atoms with Crippen molar-refractivity contribution >= 4 is 5.78 Å². The van der Waals surface area contributed by atoms with Crippen molar-refractivity contribution in [1.82, 2.24) is 5.32 Å². The molecule has 2 saturated carbocycles. The van der Waals surface area contributed by atoms with Gasteiger partial charge in [0, 0.05) is 17.8 Å². The second-order valence-electron chi connectivity index (χ2n) is 8.63. The normalized spacial score (nSPS) is 32.5. The maximum absolute atomic E-state index is 12.5. The SMILES string of the molecule is CCc1cccc2c1[C@@]1(CC)[C@@H](C2)C(=O)CCC1(C)O.CNCC1CC1. The molecule has 1 aromatic rings. The molecular formula is C23H35NO2. The van der Waals surface area contributed by atoms with Crippen LogP contribution < -0.4 is 5.32 Å². The van der Waals surface area contributed by atoms with E-state index in [4.69, 9.17) is 0 Å². The van der Waals surface area contributed by atoms with Gasteiger partial charge in [0.05, 0.1) is 5.60 Å². The minimum Gasteiger partial charge on any atom is -0.389 e. The van der Waals surface area contributed by atoms with Crippen molar-refractivity contribution in [2.24, 2.45) is 11.8 Å². The molecule has 0 bridgehead atoms. The van der Waals surface area contributed by atoms with Crippen molar-refractivity contribution in [1.29, 1.82) is 0 Å². The lowest BCUT2D eigenvalue weighted by atomic mass is 9.55. The van der Waals surface area contributed by atoms with Crippen molar-refractivity contribution < 1.29 is 9.90 Å². The van der Waals surface area contributed by atoms with Crippen molar-refractivity contribution in [2.45, 2.75) is 76.7 Å². The number of hydrogen-bond acceptors (Lipinski definition) is 3. The van der Waals surface area contributed by atoms with Gasteiger partial charge in [-0.15, -0.1) is 0 Å². The van der Waals surface area contributed by atoms with Crippen LogP contribution in [-0.4, -0.2) is 30.1 Å². The van der Waals surface area contributed by atoms with Crippen molar-refractivity contribution in [3.8, 4) is 0 Å². The third-order valence-corrected chi connectivity index (χ3v) is 7.04. The number of ketones is 1. The maximum Gasteiger partial charge on any atom is 0.137 e. The molecule has 3 aliphatic carbocycles. The minimum absolute atomic E-state index is 0.0288. The molecule has 0 radical (unpaired) electrons.